The van der Waals surface area contributed by atoms with Crippen LogP contribution in [0.15, 0.2) is 194 Å². The van der Waals surface area contributed by atoms with E-state index in [2.05, 4.69) is 231 Å². The average Bonchev–Trinajstić information content (AvgIpc) is 3.97. The summed E-state index contributed by atoms with van der Waals surface area (Å²) in [5.74, 6) is 0. The first-order valence-corrected chi connectivity index (χ1v) is 21.9. The summed E-state index contributed by atoms with van der Waals surface area (Å²) in [7, 11) is 0. The molecule has 2 aliphatic carbocycles. The minimum atomic E-state index is -0.142. The normalized spacial score (nSPS) is 14.4. The van der Waals surface area contributed by atoms with E-state index in [1.54, 1.807) is 0 Å². The van der Waals surface area contributed by atoms with Crippen LogP contribution in [0, 0.1) is 0 Å². The van der Waals surface area contributed by atoms with Crippen LogP contribution in [0.5, 0.6) is 0 Å². The van der Waals surface area contributed by atoms with Crippen LogP contribution >= 0.6 is 0 Å². The lowest BCUT2D eigenvalue weighted by Crippen LogP contribution is -2.17. The van der Waals surface area contributed by atoms with Crippen molar-refractivity contribution < 1.29 is 0 Å². The van der Waals surface area contributed by atoms with Gasteiger partial charge >= 0.3 is 0 Å². The number of fused-ring (bicyclic) bond motifs is 13. The fourth-order valence-electron chi connectivity index (χ4n) is 11.5. The number of rotatable bonds is 4. The minimum Gasteiger partial charge on any atom is -0.309 e. The van der Waals surface area contributed by atoms with Gasteiger partial charge in [0.1, 0.15) is 0 Å². The van der Waals surface area contributed by atoms with E-state index in [-0.39, 0.29) is 10.8 Å². The van der Waals surface area contributed by atoms with Crippen molar-refractivity contribution in [3.05, 3.63) is 216 Å². The number of nitrogens with zero attached hydrogens (tertiary/aromatic N) is 2. The Balaban J connectivity index is 1.01. The first-order chi connectivity index (χ1) is 30.3. The molecule has 13 rings (SSSR count). The van der Waals surface area contributed by atoms with E-state index in [1.165, 1.54) is 122 Å². The van der Waals surface area contributed by atoms with E-state index in [0.29, 0.717) is 0 Å². The van der Waals surface area contributed by atoms with E-state index >= 15 is 0 Å². The van der Waals surface area contributed by atoms with Crippen molar-refractivity contribution in [3.8, 4) is 55.9 Å². The molecule has 62 heavy (non-hydrogen) atoms. The third-order valence-corrected chi connectivity index (χ3v) is 14.5. The zero-order valence-electron chi connectivity index (χ0n) is 35.4. The largest absolute Gasteiger partial charge is 0.309 e. The molecule has 2 heteroatoms. The van der Waals surface area contributed by atoms with E-state index in [1.807, 2.05) is 0 Å². The molecule has 0 aliphatic heterocycles. The molecule has 0 radical (unpaired) electrons. The maximum atomic E-state index is 2.50. The Morgan fingerprint density at radius 2 is 0.710 bits per heavy atom. The summed E-state index contributed by atoms with van der Waals surface area (Å²) in [4.78, 5) is 0. The number of aromatic nitrogens is 2. The van der Waals surface area contributed by atoms with Crippen molar-refractivity contribution in [2.24, 2.45) is 0 Å². The number of para-hydroxylation sites is 3. The Morgan fingerprint density at radius 3 is 1.31 bits per heavy atom. The van der Waals surface area contributed by atoms with Gasteiger partial charge in [-0.1, -0.05) is 155 Å². The van der Waals surface area contributed by atoms with E-state index in [0.717, 1.165) is 0 Å². The summed E-state index contributed by atoms with van der Waals surface area (Å²) < 4.78 is 4.88. The van der Waals surface area contributed by atoms with Gasteiger partial charge in [0.25, 0.3) is 0 Å². The minimum absolute atomic E-state index is 0.139. The van der Waals surface area contributed by atoms with Gasteiger partial charge in [0.15, 0.2) is 0 Å². The molecule has 0 unspecified atom stereocenters. The highest BCUT2D eigenvalue weighted by Gasteiger charge is 2.44. The summed E-state index contributed by atoms with van der Waals surface area (Å²) in [6.45, 7) is 9.64. The molecule has 9 aromatic carbocycles. The van der Waals surface area contributed by atoms with Crippen molar-refractivity contribution in [3.63, 3.8) is 0 Å². The Bertz CT molecular complexity index is 3620. The molecule has 0 bridgehead atoms. The summed E-state index contributed by atoms with van der Waals surface area (Å²) in [5.41, 5.74) is 23.0. The molecule has 2 heterocycles. The van der Waals surface area contributed by atoms with Crippen LogP contribution in [0.1, 0.15) is 49.9 Å². The van der Waals surface area contributed by atoms with Gasteiger partial charge in [-0.3, -0.25) is 0 Å². The Hall–Kier alpha value is -7.42. The monoisotopic (exact) mass is 792 g/mol. The molecule has 294 valence electrons. The first-order valence-electron chi connectivity index (χ1n) is 21.9. The number of benzene rings is 9. The molecule has 0 saturated carbocycles. The molecule has 0 spiro atoms. The molecule has 0 amide bonds. The molecule has 0 fully saturated rings. The topological polar surface area (TPSA) is 9.86 Å². The predicted octanol–water partition coefficient (Wildman–Crippen LogP) is 15.8. The van der Waals surface area contributed by atoms with Gasteiger partial charge in [0.05, 0.1) is 22.1 Å². The van der Waals surface area contributed by atoms with Crippen LogP contribution in [0.25, 0.3) is 99.5 Å². The van der Waals surface area contributed by atoms with Crippen LogP contribution in [0.3, 0.4) is 0 Å². The zero-order chi connectivity index (χ0) is 41.5. The number of hydrogen-bond acceptors (Lipinski definition) is 0. The molecule has 0 atom stereocenters. The molecule has 2 aromatic heterocycles. The molecule has 0 N–H and O–H groups in total. The average molecular weight is 793 g/mol. The van der Waals surface area contributed by atoms with Gasteiger partial charge in [0.2, 0.25) is 0 Å². The van der Waals surface area contributed by atoms with E-state index in [4.69, 9.17) is 0 Å². The fourth-order valence-corrected chi connectivity index (χ4v) is 11.5. The van der Waals surface area contributed by atoms with Crippen LogP contribution in [0.2, 0.25) is 0 Å². The van der Waals surface area contributed by atoms with Crippen molar-refractivity contribution in [1.82, 2.24) is 9.13 Å². The van der Waals surface area contributed by atoms with Gasteiger partial charge in [-0.2, -0.15) is 0 Å². The SMILES string of the molecule is CC1(C)c2ccc(-c3ccc4c(c3)c3cc(-c5ccccc5)ccc3n4-c3ccccc3)cc2-c2c1ccc1c2-c2cc(-n3c4ccccc4c4ccccc43)ccc2C1(C)C. The highest BCUT2D eigenvalue weighted by atomic mass is 15.0. The highest BCUT2D eigenvalue weighted by Crippen LogP contribution is 2.60. The lowest BCUT2D eigenvalue weighted by molar-refractivity contribution is 0.651. The molecular weight excluding hydrogens is 749 g/mol. The summed E-state index contributed by atoms with van der Waals surface area (Å²) in [5, 5.41) is 5.09. The van der Waals surface area contributed by atoms with Gasteiger partial charge in [-0.25, -0.2) is 0 Å². The molecular formula is C60H44N2. The third-order valence-electron chi connectivity index (χ3n) is 14.5. The van der Waals surface area contributed by atoms with Crippen molar-refractivity contribution in [2.45, 2.75) is 38.5 Å². The summed E-state index contributed by atoms with van der Waals surface area (Å²) in [6, 6.07) is 72.6. The van der Waals surface area contributed by atoms with Crippen LogP contribution in [-0.2, 0) is 10.8 Å². The molecule has 2 aliphatic rings. The van der Waals surface area contributed by atoms with Crippen LogP contribution < -0.4 is 0 Å². The smallest absolute Gasteiger partial charge is 0.0541 e. The second kappa shape index (κ2) is 12.6. The highest BCUT2D eigenvalue weighted by molar-refractivity contribution is 6.12. The fraction of sp³-hybridized carbons (Fsp3) is 0.100. The standard InChI is InChI=1S/C60H44N2/c1-59(2)49-27-23-39(40-25-32-56-46(34-40)45-33-38(37-15-7-5-8-16-37)24-31-55(45)61(56)41-17-9-6-10-18-41)35-47(49)57-51(59)29-30-52-58(57)48-36-42(26-28-50(48)60(52,3)4)62-53-21-13-11-19-43(53)44-20-12-14-22-54(44)62/h5-36H,1-4H3. The lowest BCUT2D eigenvalue weighted by atomic mass is 9.79. The Labute approximate surface area is 362 Å². The summed E-state index contributed by atoms with van der Waals surface area (Å²) in [6.07, 6.45) is 0. The summed E-state index contributed by atoms with van der Waals surface area (Å²) >= 11 is 0. The van der Waals surface area contributed by atoms with Crippen LogP contribution in [0.4, 0.5) is 0 Å². The van der Waals surface area contributed by atoms with Gasteiger partial charge in [0, 0.05) is 43.7 Å². The number of hydrogen-bond donors (Lipinski definition) is 0. The quantitative estimate of drug-likeness (QED) is 0.168. The van der Waals surface area contributed by atoms with Crippen molar-refractivity contribution in [1.29, 1.82) is 0 Å². The second-order valence-corrected chi connectivity index (χ2v) is 18.5. The molecule has 2 nitrogen and oxygen atoms in total. The second-order valence-electron chi connectivity index (χ2n) is 18.5. The lowest BCUT2D eigenvalue weighted by Gasteiger charge is -2.24. The maximum absolute atomic E-state index is 2.50. The van der Waals surface area contributed by atoms with Gasteiger partial charge in [-0.15, -0.1) is 0 Å². The van der Waals surface area contributed by atoms with Crippen molar-refractivity contribution in [2.75, 3.05) is 0 Å². The Morgan fingerprint density at radius 1 is 0.290 bits per heavy atom. The predicted molar refractivity (Wildman–Crippen MR) is 261 cm³/mol. The molecule has 11 aromatic rings. The van der Waals surface area contributed by atoms with Gasteiger partial charge < -0.3 is 9.13 Å². The van der Waals surface area contributed by atoms with E-state index < -0.39 is 0 Å². The Kier molecular flexibility index (Phi) is 7.16. The van der Waals surface area contributed by atoms with Gasteiger partial charge in [-0.05, 0) is 133 Å². The van der Waals surface area contributed by atoms with E-state index in [9.17, 15) is 0 Å². The molecule has 0 saturated heterocycles. The zero-order valence-corrected chi connectivity index (χ0v) is 35.4. The first kappa shape index (κ1) is 35.3. The van der Waals surface area contributed by atoms with Crippen molar-refractivity contribution >= 4 is 43.6 Å². The van der Waals surface area contributed by atoms with Crippen LogP contribution in [-0.4, -0.2) is 9.13 Å². The third kappa shape index (κ3) is 4.75. The maximum Gasteiger partial charge on any atom is 0.0541 e.